The number of ether oxygens (including phenoxy) is 1. The number of aliphatic hydroxyl groups is 1. The number of rotatable bonds is 2. The molecule has 2 nitrogen and oxygen atoms in total. The molecular formula is C12H13ClO2. The molecule has 1 fully saturated rings. The summed E-state index contributed by atoms with van der Waals surface area (Å²) in [6.45, 7) is 0.737. The largest absolute Gasteiger partial charge is 0.493 e. The molecule has 1 N–H and O–H groups in total. The van der Waals surface area contributed by atoms with E-state index in [2.05, 4.69) is 0 Å². The van der Waals surface area contributed by atoms with Gasteiger partial charge in [0.05, 0.1) is 12.2 Å². The smallest absolute Gasteiger partial charge is 0.123 e. The van der Waals surface area contributed by atoms with E-state index >= 15 is 0 Å². The van der Waals surface area contributed by atoms with Crippen LogP contribution in [-0.2, 0) is 12.8 Å². The Balaban J connectivity index is 2.01. The topological polar surface area (TPSA) is 29.5 Å². The van der Waals surface area contributed by atoms with Crippen LogP contribution in [0.25, 0.3) is 0 Å². The predicted octanol–water partition coefficient (Wildman–Crippen LogP) is 2.34. The van der Waals surface area contributed by atoms with Crippen LogP contribution in [-0.4, -0.2) is 17.3 Å². The Morgan fingerprint density at radius 2 is 2.20 bits per heavy atom. The first-order chi connectivity index (χ1) is 7.18. The molecule has 0 spiro atoms. The molecule has 1 saturated carbocycles. The van der Waals surface area contributed by atoms with Crippen molar-refractivity contribution < 1.29 is 9.84 Å². The molecule has 3 rings (SSSR count). The minimum atomic E-state index is -0.485. The van der Waals surface area contributed by atoms with Crippen LogP contribution in [0.2, 0.25) is 5.02 Å². The van der Waals surface area contributed by atoms with Crippen molar-refractivity contribution in [1.82, 2.24) is 0 Å². The monoisotopic (exact) mass is 224 g/mol. The SMILES string of the molecule is OC1(Cc2c(Cl)ccc3c2CCO3)CC1. The van der Waals surface area contributed by atoms with Gasteiger partial charge < -0.3 is 9.84 Å². The van der Waals surface area contributed by atoms with E-state index in [1.165, 1.54) is 5.56 Å². The molecule has 0 bridgehead atoms. The Kier molecular flexibility index (Phi) is 1.98. The van der Waals surface area contributed by atoms with Crippen molar-refractivity contribution in [2.45, 2.75) is 31.3 Å². The number of halogens is 1. The van der Waals surface area contributed by atoms with Crippen LogP contribution in [0.5, 0.6) is 5.75 Å². The van der Waals surface area contributed by atoms with Crippen molar-refractivity contribution in [3.05, 3.63) is 28.3 Å². The Morgan fingerprint density at radius 3 is 2.93 bits per heavy atom. The average Bonchev–Trinajstić information content (AvgIpc) is 2.78. The molecule has 0 amide bonds. The lowest BCUT2D eigenvalue weighted by atomic mass is 9.98. The van der Waals surface area contributed by atoms with Gasteiger partial charge in [-0.15, -0.1) is 0 Å². The van der Waals surface area contributed by atoms with Crippen LogP contribution in [0.1, 0.15) is 24.0 Å². The number of hydrogen-bond donors (Lipinski definition) is 1. The second-order valence-electron chi connectivity index (χ2n) is 4.50. The van der Waals surface area contributed by atoms with Gasteiger partial charge in [0.25, 0.3) is 0 Å². The lowest BCUT2D eigenvalue weighted by Crippen LogP contribution is -2.12. The molecule has 1 aromatic carbocycles. The van der Waals surface area contributed by atoms with Gasteiger partial charge in [0.15, 0.2) is 0 Å². The molecule has 1 aromatic rings. The van der Waals surface area contributed by atoms with Crippen molar-refractivity contribution in [2.24, 2.45) is 0 Å². The lowest BCUT2D eigenvalue weighted by Gasteiger charge is -2.12. The summed E-state index contributed by atoms with van der Waals surface area (Å²) in [6.07, 6.45) is 3.39. The molecule has 80 valence electrons. The fourth-order valence-corrected chi connectivity index (χ4v) is 2.40. The zero-order valence-corrected chi connectivity index (χ0v) is 9.18. The van der Waals surface area contributed by atoms with Gasteiger partial charge in [-0.3, -0.25) is 0 Å². The summed E-state index contributed by atoms with van der Waals surface area (Å²) in [7, 11) is 0. The first-order valence-corrected chi connectivity index (χ1v) is 5.71. The third kappa shape index (κ3) is 1.62. The molecule has 1 aliphatic carbocycles. The van der Waals surface area contributed by atoms with Gasteiger partial charge in [-0.2, -0.15) is 0 Å². The Bertz CT molecular complexity index is 410. The quantitative estimate of drug-likeness (QED) is 0.836. The first kappa shape index (κ1) is 9.49. The second-order valence-corrected chi connectivity index (χ2v) is 4.91. The highest BCUT2D eigenvalue weighted by molar-refractivity contribution is 6.31. The molecule has 0 radical (unpaired) electrons. The molecule has 1 heterocycles. The molecule has 3 heteroatoms. The molecule has 2 aliphatic rings. The van der Waals surface area contributed by atoms with E-state index in [9.17, 15) is 5.11 Å². The van der Waals surface area contributed by atoms with E-state index in [4.69, 9.17) is 16.3 Å². The van der Waals surface area contributed by atoms with Gasteiger partial charge in [-0.05, 0) is 30.5 Å². The highest BCUT2D eigenvalue weighted by atomic mass is 35.5. The van der Waals surface area contributed by atoms with Gasteiger partial charge in [0, 0.05) is 23.4 Å². The lowest BCUT2D eigenvalue weighted by molar-refractivity contribution is 0.151. The first-order valence-electron chi connectivity index (χ1n) is 5.33. The summed E-state index contributed by atoms with van der Waals surface area (Å²) >= 11 is 6.18. The maximum Gasteiger partial charge on any atom is 0.123 e. The van der Waals surface area contributed by atoms with Crippen molar-refractivity contribution >= 4 is 11.6 Å². The summed E-state index contributed by atoms with van der Waals surface area (Å²) in [5.41, 5.74) is 1.80. The van der Waals surface area contributed by atoms with Crippen molar-refractivity contribution in [3.8, 4) is 5.75 Å². The van der Waals surface area contributed by atoms with Crippen molar-refractivity contribution in [1.29, 1.82) is 0 Å². The number of hydrogen-bond acceptors (Lipinski definition) is 2. The predicted molar refractivity (Wildman–Crippen MR) is 58.5 cm³/mol. The normalized spacial score (nSPS) is 20.9. The van der Waals surface area contributed by atoms with Crippen LogP contribution >= 0.6 is 11.6 Å². The molecule has 0 atom stereocenters. The molecule has 0 saturated heterocycles. The minimum absolute atomic E-state index is 0.485. The molecule has 0 aromatic heterocycles. The molecule has 1 aliphatic heterocycles. The molecular weight excluding hydrogens is 212 g/mol. The van der Waals surface area contributed by atoms with E-state index in [1.54, 1.807) is 0 Å². The van der Waals surface area contributed by atoms with Crippen molar-refractivity contribution in [3.63, 3.8) is 0 Å². The van der Waals surface area contributed by atoms with E-state index in [0.29, 0.717) is 6.42 Å². The van der Waals surface area contributed by atoms with Gasteiger partial charge in [0.2, 0.25) is 0 Å². The average molecular weight is 225 g/mol. The Labute approximate surface area is 93.8 Å². The summed E-state index contributed by atoms with van der Waals surface area (Å²) < 4.78 is 5.49. The standard InChI is InChI=1S/C12H13ClO2/c13-10-1-2-11-8(3-6-15-11)9(10)7-12(14)4-5-12/h1-2,14H,3-7H2. The molecule has 0 unspecified atom stereocenters. The fraction of sp³-hybridized carbons (Fsp3) is 0.500. The summed E-state index contributed by atoms with van der Waals surface area (Å²) in [6, 6.07) is 3.79. The second kappa shape index (κ2) is 3.13. The third-order valence-electron chi connectivity index (χ3n) is 3.27. The minimum Gasteiger partial charge on any atom is -0.493 e. The van der Waals surface area contributed by atoms with Crippen LogP contribution < -0.4 is 4.74 Å². The maximum absolute atomic E-state index is 9.94. The third-order valence-corrected chi connectivity index (χ3v) is 3.63. The highest BCUT2D eigenvalue weighted by Crippen LogP contribution is 2.42. The van der Waals surface area contributed by atoms with Gasteiger partial charge in [-0.1, -0.05) is 11.6 Å². The van der Waals surface area contributed by atoms with Crippen LogP contribution in [0, 0.1) is 0 Å². The molecule has 15 heavy (non-hydrogen) atoms. The van der Waals surface area contributed by atoms with Gasteiger partial charge in [-0.25, -0.2) is 0 Å². The Hall–Kier alpha value is -0.730. The fourth-order valence-electron chi connectivity index (χ4n) is 2.16. The summed E-state index contributed by atoms with van der Waals surface area (Å²) in [5.74, 6) is 0.943. The highest BCUT2D eigenvalue weighted by Gasteiger charge is 2.41. The van der Waals surface area contributed by atoms with Gasteiger partial charge >= 0.3 is 0 Å². The zero-order valence-electron chi connectivity index (χ0n) is 8.42. The zero-order chi connectivity index (χ0) is 10.5. The van der Waals surface area contributed by atoms with Crippen LogP contribution in [0.4, 0.5) is 0 Å². The summed E-state index contributed by atoms with van der Waals surface area (Å²) in [5, 5.41) is 10.7. The van der Waals surface area contributed by atoms with E-state index in [0.717, 1.165) is 42.2 Å². The van der Waals surface area contributed by atoms with Crippen molar-refractivity contribution in [2.75, 3.05) is 6.61 Å². The van der Waals surface area contributed by atoms with E-state index < -0.39 is 5.60 Å². The van der Waals surface area contributed by atoms with E-state index in [1.807, 2.05) is 12.1 Å². The van der Waals surface area contributed by atoms with Crippen LogP contribution in [0.15, 0.2) is 12.1 Å². The number of fused-ring (bicyclic) bond motifs is 1. The van der Waals surface area contributed by atoms with E-state index in [-0.39, 0.29) is 0 Å². The van der Waals surface area contributed by atoms with Crippen LogP contribution in [0.3, 0.4) is 0 Å². The number of benzene rings is 1. The summed E-state index contributed by atoms with van der Waals surface area (Å²) in [4.78, 5) is 0. The maximum atomic E-state index is 9.94. The van der Waals surface area contributed by atoms with Gasteiger partial charge in [0.1, 0.15) is 5.75 Å². The Morgan fingerprint density at radius 1 is 1.40 bits per heavy atom.